The van der Waals surface area contributed by atoms with Crippen LogP contribution in [0.5, 0.6) is 11.5 Å². The second kappa shape index (κ2) is 8.49. The minimum Gasteiger partial charge on any atom is -0.493 e. The fourth-order valence-electron chi connectivity index (χ4n) is 2.10. The molecule has 0 radical (unpaired) electrons. The molecule has 1 aromatic carbocycles. The smallest absolute Gasteiger partial charge is 0.305 e. The number of hydrogen-bond acceptors (Lipinski definition) is 6. The summed E-state index contributed by atoms with van der Waals surface area (Å²) in [4.78, 5) is 11.2. The lowest BCUT2D eigenvalue weighted by Gasteiger charge is -2.23. The first-order valence-electron chi connectivity index (χ1n) is 6.71. The molecule has 0 aliphatic heterocycles. The lowest BCUT2D eigenvalue weighted by atomic mass is 9.98. The number of methoxy groups -OCH3 is 3. The van der Waals surface area contributed by atoms with Crippen molar-refractivity contribution in [2.45, 2.75) is 25.0 Å². The maximum atomic E-state index is 11.2. The highest BCUT2D eigenvalue weighted by atomic mass is 16.5. The molecular formula is C15H23NO5. The van der Waals surface area contributed by atoms with Crippen molar-refractivity contribution >= 4 is 5.97 Å². The summed E-state index contributed by atoms with van der Waals surface area (Å²) in [5, 5.41) is 13.5. The van der Waals surface area contributed by atoms with Crippen molar-refractivity contribution in [1.29, 1.82) is 0 Å². The third-order valence-corrected chi connectivity index (χ3v) is 3.39. The summed E-state index contributed by atoms with van der Waals surface area (Å²) in [6, 6.07) is 4.98. The van der Waals surface area contributed by atoms with Crippen molar-refractivity contribution in [3.8, 4) is 11.5 Å². The largest absolute Gasteiger partial charge is 0.493 e. The molecule has 0 saturated heterocycles. The number of aliphatic hydroxyl groups is 1. The second-order valence-corrected chi connectivity index (χ2v) is 4.57. The van der Waals surface area contributed by atoms with Crippen LogP contribution in [0.4, 0.5) is 0 Å². The van der Waals surface area contributed by atoms with E-state index < -0.39 is 6.10 Å². The number of carbonyl (C=O) groups excluding carboxylic acids is 1. The van der Waals surface area contributed by atoms with Crippen LogP contribution < -0.4 is 14.8 Å². The summed E-state index contributed by atoms with van der Waals surface area (Å²) >= 11 is 0. The van der Waals surface area contributed by atoms with Crippen molar-refractivity contribution < 1.29 is 24.1 Å². The van der Waals surface area contributed by atoms with Gasteiger partial charge >= 0.3 is 5.97 Å². The molecule has 6 nitrogen and oxygen atoms in total. The molecule has 1 rings (SSSR count). The molecule has 2 atom stereocenters. The summed E-state index contributed by atoms with van der Waals surface area (Å²) in [6.07, 6.45) is -0.0511. The lowest BCUT2D eigenvalue weighted by Crippen LogP contribution is -2.32. The maximum absolute atomic E-state index is 11.2. The molecule has 0 spiro atoms. The van der Waals surface area contributed by atoms with Gasteiger partial charge in [0.15, 0.2) is 11.5 Å². The summed E-state index contributed by atoms with van der Waals surface area (Å²) < 4.78 is 15.0. The van der Waals surface area contributed by atoms with Gasteiger partial charge in [0.05, 0.1) is 27.4 Å². The molecule has 0 amide bonds. The van der Waals surface area contributed by atoms with Gasteiger partial charge in [-0.25, -0.2) is 0 Å². The zero-order valence-corrected chi connectivity index (χ0v) is 12.9. The van der Waals surface area contributed by atoms with Crippen LogP contribution in [0.15, 0.2) is 18.2 Å². The first kappa shape index (κ1) is 17.3. The zero-order valence-electron chi connectivity index (χ0n) is 12.9. The molecule has 0 bridgehead atoms. The van der Waals surface area contributed by atoms with Crippen LogP contribution >= 0.6 is 0 Å². The van der Waals surface area contributed by atoms with Crippen molar-refractivity contribution in [2.24, 2.45) is 0 Å². The van der Waals surface area contributed by atoms with Gasteiger partial charge in [-0.05, 0) is 31.2 Å². The third kappa shape index (κ3) is 4.61. The monoisotopic (exact) mass is 297 g/mol. The first-order chi connectivity index (χ1) is 10.1. The highest BCUT2D eigenvalue weighted by molar-refractivity contribution is 5.69. The predicted molar refractivity (Wildman–Crippen MR) is 78.6 cm³/mol. The normalized spacial score (nSPS) is 13.4. The van der Waals surface area contributed by atoms with Crippen LogP contribution in [0.1, 0.15) is 24.5 Å². The predicted octanol–water partition coefficient (Wildman–Crippen LogP) is 1.28. The molecule has 1 aromatic rings. The Morgan fingerprint density at radius 3 is 2.43 bits per heavy atom. The number of esters is 1. The summed E-state index contributed by atoms with van der Waals surface area (Å²) in [7, 11) is 6.19. The minimum absolute atomic E-state index is 0.242. The van der Waals surface area contributed by atoms with E-state index in [0.717, 1.165) is 0 Å². The van der Waals surface area contributed by atoms with E-state index in [4.69, 9.17) is 9.47 Å². The van der Waals surface area contributed by atoms with Crippen LogP contribution in [-0.4, -0.2) is 45.5 Å². The van der Waals surface area contributed by atoms with Crippen molar-refractivity contribution in [3.05, 3.63) is 23.8 Å². The molecule has 0 fully saturated rings. The molecule has 21 heavy (non-hydrogen) atoms. The topological polar surface area (TPSA) is 77.0 Å². The fraction of sp³-hybridized carbons (Fsp3) is 0.533. The highest BCUT2D eigenvalue weighted by Gasteiger charge is 2.21. The lowest BCUT2D eigenvalue weighted by molar-refractivity contribution is -0.140. The second-order valence-electron chi connectivity index (χ2n) is 4.57. The molecule has 0 aliphatic carbocycles. The molecule has 2 unspecified atom stereocenters. The van der Waals surface area contributed by atoms with E-state index in [1.807, 2.05) is 0 Å². The number of carbonyl (C=O) groups is 1. The molecule has 0 heterocycles. The Morgan fingerprint density at radius 2 is 1.90 bits per heavy atom. The van der Waals surface area contributed by atoms with E-state index in [-0.39, 0.29) is 18.4 Å². The summed E-state index contributed by atoms with van der Waals surface area (Å²) in [6.45, 7) is 0. The van der Waals surface area contributed by atoms with E-state index in [2.05, 4.69) is 10.1 Å². The van der Waals surface area contributed by atoms with Crippen molar-refractivity contribution in [2.75, 3.05) is 28.4 Å². The average Bonchev–Trinajstić information content (AvgIpc) is 2.53. The Bertz CT molecular complexity index is 463. The Balaban J connectivity index is 2.84. The van der Waals surface area contributed by atoms with Gasteiger partial charge in [-0.1, -0.05) is 6.07 Å². The van der Waals surface area contributed by atoms with E-state index in [9.17, 15) is 9.90 Å². The molecule has 0 aromatic heterocycles. The SMILES string of the molecule is CNC(CCC(=O)OC)C(O)c1ccc(OC)c(OC)c1. The number of aliphatic hydroxyl groups excluding tert-OH is 1. The zero-order chi connectivity index (χ0) is 15.8. The molecule has 0 aliphatic rings. The van der Waals surface area contributed by atoms with Crippen LogP contribution in [0, 0.1) is 0 Å². The Hall–Kier alpha value is -1.79. The number of hydrogen-bond donors (Lipinski definition) is 2. The molecule has 6 heteroatoms. The van der Waals surface area contributed by atoms with E-state index in [0.29, 0.717) is 23.5 Å². The summed E-state index contributed by atoms with van der Waals surface area (Å²) in [5.41, 5.74) is 0.692. The molecular weight excluding hydrogens is 274 g/mol. The van der Waals surface area contributed by atoms with Crippen molar-refractivity contribution in [1.82, 2.24) is 5.32 Å². The molecule has 2 N–H and O–H groups in total. The van der Waals surface area contributed by atoms with Gasteiger partial charge in [0.25, 0.3) is 0 Å². The average molecular weight is 297 g/mol. The molecule has 118 valence electrons. The number of rotatable bonds is 8. The van der Waals surface area contributed by atoms with Crippen LogP contribution in [-0.2, 0) is 9.53 Å². The minimum atomic E-state index is -0.764. The quantitative estimate of drug-likeness (QED) is 0.704. The van der Waals surface area contributed by atoms with Gasteiger partial charge in [0.2, 0.25) is 0 Å². The number of nitrogens with one attached hydrogen (secondary N) is 1. The third-order valence-electron chi connectivity index (χ3n) is 3.39. The van der Waals surface area contributed by atoms with E-state index in [1.165, 1.54) is 7.11 Å². The Kier molecular flexibility index (Phi) is 6.98. The van der Waals surface area contributed by atoms with Gasteiger partial charge in [-0.2, -0.15) is 0 Å². The highest BCUT2D eigenvalue weighted by Crippen LogP contribution is 2.31. The number of benzene rings is 1. The fourth-order valence-corrected chi connectivity index (χ4v) is 2.10. The van der Waals surface area contributed by atoms with Crippen LogP contribution in [0.2, 0.25) is 0 Å². The van der Waals surface area contributed by atoms with E-state index in [1.54, 1.807) is 39.5 Å². The van der Waals surface area contributed by atoms with Crippen LogP contribution in [0.3, 0.4) is 0 Å². The van der Waals surface area contributed by atoms with E-state index >= 15 is 0 Å². The van der Waals surface area contributed by atoms with Gasteiger partial charge in [-0.3, -0.25) is 4.79 Å². The number of likely N-dealkylation sites (N-methyl/N-ethyl adjacent to an activating group) is 1. The van der Waals surface area contributed by atoms with Gasteiger partial charge in [0, 0.05) is 12.5 Å². The van der Waals surface area contributed by atoms with Crippen molar-refractivity contribution in [3.63, 3.8) is 0 Å². The Labute approximate surface area is 125 Å². The Morgan fingerprint density at radius 1 is 1.24 bits per heavy atom. The van der Waals surface area contributed by atoms with Gasteiger partial charge in [-0.15, -0.1) is 0 Å². The van der Waals surface area contributed by atoms with Gasteiger partial charge < -0.3 is 24.6 Å². The maximum Gasteiger partial charge on any atom is 0.305 e. The molecule has 0 saturated carbocycles. The van der Waals surface area contributed by atoms with Gasteiger partial charge in [0.1, 0.15) is 0 Å². The number of ether oxygens (including phenoxy) is 3. The first-order valence-corrected chi connectivity index (χ1v) is 6.71. The standard InChI is InChI=1S/C15H23NO5/c1-16-11(6-8-14(17)21-4)15(18)10-5-7-12(19-2)13(9-10)20-3/h5,7,9,11,15-16,18H,6,8H2,1-4H3. The summed E-state index contributed by atoms with van der Waals surface area (Å²) in [5.74, 6) is 0.857. The van der Waals surface area contributed by atoms with Crippen LogP contribution in [0.25, 0.3) is 0 Å².